The van der Waals surface area contributed by atoms with Gasteiger partial charge in [0.1, 0.15) is 10.7 Å². The number of sulfone groups is 1. The van der Waals surface area contributed by atoms with Gasteiger partial charge in [-0.1, -0.05) is 6.42 Å². The van der Waals surface area contributed by atoms with E-state index >= 15 is 0 Å². The van der Waals surface area contributed by atoms with E-state index in [1.54, 1.807) is 18.3 Å². The van der Waals surface area contributed by atoms with Crippen LogP contribution in [0.4, 0.5) is 5.82 Å². The zero-order valence-corrected chi connectivity index (χ0v) is 11.3. The molecule has 3 atom stereocenters. The Hall–Kier alpha value is -1.10. The zero-order chi connectivity index (χ0) is 12.8. The van der Waals surface area contributed by atoms with E-state index in [0.717, 1.165) is 12.3 Å². The number of anilines is 1. The van der Waals surface area contributed by atoms with Crippen molar-refractivity contribution >= 4 is 15.7 Å². The second-order valence-electron chi connectivity index (χ2n) is 5.55. The summed E-state index contributed by atoms with van der Waals surface area (Å²) in [6.45, 7) is 0. The van der Waals surface area contributed by atoms with Gasteiger partial charge in [-0.05, 0) is 43.2 Å². The Bertz CT molecular complexity index is 556. The first-order valence-electron chi connectivity index (χ1n) is 6.45. The minimum atomic E-state index is -3.21. The van der Waals surface area contributed by atoms with E-state index in [0.29, 0.717) is 22.7 Å². The van der Waals surface area contributed by atoms with Gasteiger partial charge in [0.25, 0.3) is 0 Å². The summed E-state index contributed by atoms with van der Waals surface area (Å²) in [5.74, 6) is 2.06. The van der Waals surface area contributed by atoms with Gasteiger partial charge in [0.15, 0.2) is 9.84 Å². The Balaban J connectivity index is 1.85. The molecule has 5 heteroatoms. The molecule has 2 aliphatic rings. The van der Waals surface area contributed by atoms with E-state index in [1.807, 2.05) is 0 Å². The monoisotopic (exact) mass is 266 g/mol. The third-order valence-electron chi connectivity index (χ3n) is 4.23. The normalized spacial score (nSPS) is 30.6. The Morgan fingerprint density at radius 1 is 1.33 bits per heavy atom. The maximum Gasteiger partial charge on any atom is 0.179 e. The summed E-state index contributed by atoms with van der Waals surface area (Å²) in [6.07, 6.45) is 7.93. The summed E-state index contributed by atoms with van der Waals surface area (Å²) in [7, 11) is -3.21. The van der Waals surface area contributed by atoms with Gasteiger partial charge >= 0.3 is 0 Å². The molecular weight excluding hydrogens is 248 g/mol. The first-order valence-corrected chi connectivity index (χ1v) is 8.35. The Kier molecular flexibility index (Phi) is 2.81. The zero-order valence-electron chi connectivity index (χ0n) is 10.5. The van der Waals surface area contributed by atoms with Crippen LogP contribution in [0.15, 0.2) is 23.2 Å². The molecule has 1 aromatic rings. The highest BCUT2D eigenvalue weighted by molar-refractivity contribution is 7.90. The van der Waals surface area contributed by atoms with Crippen molar-refractivity contribution in [1.82, 2.24) is 4.98 Å². The lowest BCUT2D eigenvalue weighted by molar-refractivity contribution is 0.438. The highest BCUT2D eigenvalue weighted by atomic mass is 32.2. The van der Waals surface area contributed by atoms with Crippen LogP contribution >= 0.6 is 0 Å². The Labute approximate surface area is 108 Å². The van der Waals surface area contributed by atoms with Gasteiger partial charge in [-0.3, -0.25) is 0 Å². The van der Waals surface area contributed by atoms with Crippen molar-refractivity contribution in [2.75, 3.05) is 11.6 Å². The molecule has 3 rings (SSSR count). The van der Waals surface area contributed by atoms with Crippen molar-refractivity contribution in [2.45, 2.75) is 36.6 Å². The second kappa shape index (κ2) is 4.23. The van der Waals surface area contributed by atoms with Gasteiger partial charge < -0.3 is 5.32 Å². The molecule has 1 N–H and O–H groups in total. The lowest BCUT2D eigenvalue weighted by Crippen LogP contribution is -2.27. The maximum absolute atomic E-state index is 11.7. The van der Waals surface area contributed by atoms with Crippen LogP contribution in [0.2, 0.25) is 0 Å². The van der Waals surface area contributed by atoms with Crippen LogP contribution in [0.25, 0.3) is 0 Å². The van der Waals surface area contributed by atoms with Crippen molar-refractivity contribution in [3.05, 3.63) is 18.3 Å². The largest absolute Gasteiger partial charge is 0.366 e. The smallest absolute Gasteiger partial charge is 0.179 e. The van der Waals surface area contributed by atoms with E-state index < -0.39 is 9.84 Å². The molecule has 0 aliphatic heterocycles. The first-order chi connectivity index (χ1) is 8.54. The minimum absolute atomic E-state index is 0.313. The minimum Gasteiger partial charge on any atom is -0.366 e. The number of nitrogens with one attached hydrogen (secondary N) is 1. The number of aromatic nitrogens is 1. The highest BCUT2D eigenvalue weighted by Crippen LogP contribution is 2.45. The standard InChI is InChI=1S/C13H18N2O2S/c1-18(16,17)12-3-2-6-14-13(12)15-11-8-9-4-5-10(11)7-9/h2-3,6,9-11H,4-5,7-8H2,1H3,(H,14,15). The molecule has 3 unspecified atom stereocenters. The molecule has 2 saturated carbocycles. The molecule has 0 saturated heterocycles. The summed E-state index contributed by atoms with van der Waals surface area (Å²) in [5, 5.41) is 3.36. The summed E-state index contributed by atoms with van der Waals surface area (Å²) in [6, 6.07) is 3.69. The fourth-order valence-electron chi connectivity index (χ4n) is 3.40. The molecule has 1 heterocycles. The Morgan fingerprint density at radius 2 is 2.17 bits per heavy atom. The number of rotatable bonds is 3. The number of pyridine rings is 1. The predicted octanol–water partition coefficient (Wildman–Crippen LogP) is 2.09. The lowest BCUT2D eigenvalue weighted by Gasteiger charge is -2.24. The predicted molar refractivity (Wildman–Crippen MR) is 70.2 cm³/mol. The molecule has 2 bridgehead atoms. The van der Waals surface area contributed by atoms with E-state index in [9.17, 15) is 8.42 Å². The Morgan fingerprint density at radius 3 is 2.78 bits per heavy atom. The molecule has 18 heavy (non-hydrogen) atoms. The number of hydrogen-bond acceptors (Lipinski definition) is 4. The van der Waals surface area contributed by atoms with Crippen LogP contribution in [0.3, 0.4) is 0 Å². The quantitative estimate of drug-likeness (QED) is 0.910. The third kappa shape index (κ3) is 2.11. The third-order valence-corrected chi connectivity index (χ3v) is 5.36. The highest BCUT2D eigenvalue weighted by Gasteiger charge is 2.39. The van der Waals surface area contributed by atoms with Crippen molar-refractivity contribution < 1.29 is 8.42 Å². The topological polar surface area (TPSA) is 59.1 Å². The van der Waals surface area contributed by atoms with Gasteiger partial charge in [-0.25, -0.2) is 13.4 Å². The van der Waals surface area contributed by atoms with Gasteiger partial charge in [0.2, 0.25) is 0 Å². The van der Waals surface area contributed by atoms with Crippen molar-refractivity contribution in [1.29, 1.82) is 0 Å². The van der Waals surface area contributed by atoms with E-state index in [-0.39, 0.29) is 0 Å². The average Bonchev–Trinajstić information content (AvgIpc) is 2.90. The van der Waals surface area contributed by atoms with Crippen molar-refractivity contribution in [3.63, 3.8) is 0 Å². The number of hydrogen-bond donors (Lipinski definition) is 1. The number of nitrogens with zero attached hydrogens (tertiary/aromatic N) is 1. The van der Waals surface area contributed by atoms with Crippen LogP contribution in [-0.2, 0) is 9.84 Å². The van der Waals surface area contributed by atoms with Gasteiger partial charge in [0.05, 0.1) is 0 Å². The molecular formula is C13H18N2O2S. The molecule has 0 amide bonds. The lowest BCUT2D eigenvalue weighted by atomic mass is 9.95. The van der Waals surface area contributed by atoms with Crippen LogP contribution in [-0.4, -0.2) is 25.7 Å². The van der Waals surface area contributed by atoms with Crippen LogP contribution in [0.1, 0.15) is 25.7 Å². The van der Waals surface area contributed by atoms with E-state index in [1.165, 1.54) is 25.5 Å². The molecule has 4 nitrogen and oxygen atoms in total. The first kappa shape index (κ1) is 12.0. The summed E-state index contributed by atoms with van der Waals surface area (Å²) in [5.41, 5.74) is 0. The summed E-state index contributed by atoms with van der Waals surface area (Å²) in [4.78, 5) is 4.51. The van der Waals surface area contributed by atoms with Gasteiger partial charge in [0, 0.05) is 18.5 Å². The molecule has 0 aromatic carbocycles. The van der Waals surface area contributed by atoms with Crippen LogP contribution in [0.5, 0.6) is 0 Å². The van der Waals surface area contributed by atoms with Gasteiger partial charge in [-0.15, -0.1) is 0 Å². The molecule has 0 spiro atoms. The van der Waals surface area contributed by atoms with Crippen LogP contribution < -0.4 is 5.32 Å². The van der Waals surface area contributed by atoms with Gasteiger partial charge in [-0.2, -0.15) is 0 Å². The van der Waals surface area contributed by atoms with E-state index in [2.05, 4.69) is 10.3 Å². The molecule has 2 fully saturated rings. The molecule has 0 radical (unpaired) electrons. The SMILES string of the molecule is CS(=O)(=O)c1cccnc1NC1CC2CCC1C2. The fraction of sp³-hybridized carbons (Fsp3) is 0.615. The van der Waals surface area contributed by atoms with E-state index in [4.69, 9.17) is 0 Å². The molecule has 2 aliphatic carbocycles. The van der Waals surface area contributed by atoms with Crippen molar-refractivity contribution in [3.8, 4) is 0 Å². The molecule has 1 aromatic heterocycles. The molecule has 98 valence electrons. The fourth-order valence-corrected chi connectivity index (χ4v) is 4.18. The van der Waals surface area contributed by atoms with Crippen LogP contribution in [0, 0.1) is 11.8 Å². The maximum atomic E-state index is 11.7. The average molecular weight is 266 g/mol. The van der Waals surface area contributed by atoms with Crippen molar-refractivity contribution in [2.24, 2.45) is 11.8 Å². The summed E-state index contributed by atoms with van der Waals surface area (Å²) >= 11 is 0. The number of fused-ring (bicyclic) bond motifs is 2. The second-order valence-corrected chi connectivity index (χ2v) is 7.53. The summed E-state index contributed by atoms with van der Waals surface area (Å²) < 4.78 is 23.4.